The smallest absolute Gasteiger partial charge is 0.535 e. The monoisotopic (exact) mass is 2090 g/mol. The summed E-state index contributed by atoms with van der Waals surface area (Å²) in [5.41, 5.74) is 33.9. The summed E-state index contributed by atoms with van der Waals surface area (Å²) in [5, 5.41) is 143. The Kier molecular flexibility index (Phi) is 37.8. The summed E-state index contributed by atoms with van der Waals surface area (Å²) in [6.07, 6.45) is 2.35. The number of rotatable bonds is 30. The van der Waals surface area contributed by atoms with Crippen molar-refractivity contribution < 1.29 is 107 Å². The summed E-state index contributed by atoms with van der Waals surface area (Å²) >= 11 is 20.3. The Morgan fingerprint density at radius 1 is 0.448 bits per heavy atom. The first-order valence-corrected chi connectivity index (χ1v) is 52.9. The minimum absolute atomic E-state index is 0.0870. The molecule has 59 heteroatoms. The first-order chi connectivity index (χ1) is 64.3. The van der Waals surface area contributed by atoms with Crippen LogP contribution >= 0.6 is 163 Å². The summed E-state index contributed by atoms with van der Waals surface area (Å²) in [6, 6.07) is 17.8. The number of aryl methyl sites for hydroxylation is 4. The average molecular weight is 2100 g/mol. The van der Waals surface area contributed by atoms with E-state index in [4.69, 9.17) is 61.4 Å². The number of aromatic carboxylic acids is 5. The molecule has 10 aromatic rings. The Balaban J connectivity index is 0.000000142. The second-order valence-electron chi connectivity index (χ2n) is 29.8. The molecule has 0 bridgehead atoms. The van der Waals surface area contributed by atoms with Crippen LogP contribution in [0.4, 0.5) is 5.13 Å². The van der Waals surface area contributed by atoms with Crippen molar-refractivity contribution in [2.24, 2.45) is 33.7 Å². The van der Waals surface area contributed by atoms with Crippen LogP contribution in [0.15, 0.2) is 105 Å². The number of nitrogens with zero attached hydrogens (tertiary/aromatic N) is 12. The summed E-state index contributed by atoms with van der Waals surface area (Å²) in [6.45, 7) is 14.9. The molecule has 0 spiro atoms. The van der Waals surface area contributed by atoms with E-state index < -0.39 is 70.6 Å². The van der Waals surface area contributed by atoms with Gasteiger partial charge in [-0.2, -0.15) is 4.99 Å². The molecule has 17 rings (SSSR count). The largest absolute Gasteiger partial charge is 0.537 e. The number of carboxylic acid groups (broad SMARTS) is 5. The fraction of sp³-hybridized carbons (Fsp3) is 0.387. The van der Waals surface area contributed by atoms with Crippen molar-refractivity contribution in [2.45, 2.75) is 135 Å². The minimum atomic E-state index is -1.23. The number of aromatic nitrogens is 10. The van der Waals surface area contributed by atoms with Gasteiger partial charge in [-0.25, -0.2) is 24.0 Å². The number of nitrogens with two attached hydrogens (primary N) is 5. The van der Waals surface area contributed by atoms with Gasteiger partial charge in [0.15, 0.2) is 45.0 Å². The summed E-state index contributed by atoms with van der Waals surface area (Å²) in [7, 11) is -4.31. The third-order valence-corrected chi connectivity index (χ3v) is 36.5. The zero-order valence-electron chi connectivity index (χ0n) is 71.6. The predicted molar refractivity (Wildman–Crippen MR) is 525 cm³/mol. The van der Waals surface area contributed by atoms with E-state index in [1.54, 1.807) is 99.4 Å². The molecule has 2 fully saturated rings. The van der Waals surface area contributed by atoms with Crippen LogP contribution in [-0.4, -0.2) is 298 Å². The second-order valence-corrected chi connectivity index (χ2v) is 47.8. The summed E-state index contributed by atoms with van der Waals surface area (Å²) in [4.78, 5) is 63.8. The molecule has 5 aromatic heterocycles. The highest BCUT2D eigenvalue weighted by Crippen LogP contribution is 2.47. The molecule has 0 saturated carbocycles. The molecule has 5 atom stereocenters. The van der Waals surface area contributed by atoms with Crippen LogP contribution in [0.25, 0.3) is 0 Å². The number of guanidine groups is 1. The molecule has 5 aromatic carbocycles. The fourth-order valence-electron chi connectivity index (χ4n) is 13.8. The normalized spacial score (nSPS) is 17.6. The Morgan fingerprint density at radius 2 is 0.761 bits per heavy atom. The number of methoxy groups -OCH3 is 1. The van der Waals surface area contributed by atoms with Crippen LogP contribution in [0.1, 0.15) is 102 Å². The molecule has 708 valence electrons. The lowest BCUT2D eigenvalue weighted by Crippen LogP contribution is -2.44. The Bertz CT molecular complexity index is 5850. The van der Waals surface area contributed by atoms with Crippen molar-refractivity contribution in [3.63, 3.8) is 0 Å². The zero-order valence-corrected chi connectivity index (χ0v) is 83.0. The van der Waals surface area contributed by atoms with Gasteiger partial charge in [0, 0.05) is 74.4 Å². The molecule has 0 amide bonds. The van der Waals surface area contributed by atoms with Gasteiger partial charge in [-0.3, -0.25) is 4.90 Å². The maximum atomic E-state index is 11.6. The Morgan fingerprint density at radius 3 is 1.10 bits per heavy atom. The van der Waals surface area contributed by atoms with Crippen molar-refractivity contribution in [2.75, 3.05) is 84.2 Å². The summed E-state index contributed by atoms with van der Waals surface area (Å²) < 4.78 is 45.2. The average Bonchev–Trinajstić information content (AvgIpc) is 1.23. The third-order valence-electron chi connectivity index (χ3n) is 20.5. The number of carbonyl (C=O) groups is 5. The molecule has 2 saturated heterocycles. The number of nitrogens with one attached hydrogen (secondary N) is 1. The maximum absolute atomic E-state index is 11.6. The highest BCUT2D eigenvalue weighted by molar-refractivity contribution is 8.06. The topological polar surface area (TPSA) is 639 Å². The maximum Gasteiger partial charge on any atom is 0.537 e. The van der Waals surface area contributed by atoms with Crippen molar-refractivity contribution in [3.05, 3.63) is 139 Å². The number of hydrogen-bond acceptors (Lipinski definition) is 47. The van der Waals surface area contributed by atoms with Crippen LogP contribution in [0.3, 0.4) is 0 Å². The molecule has 134 heavy (non-hydrogen) atoms. The lowest BCUT2D eigenvalue weighted by Gasteiger charge is -2.28. The Labute approximate surface area is 826 Å². The molecule has 0 radical (unpaired) electrons. The van der Waals surface area contributed by atoms with Crippen molar-refractivity contribution in [1.29, 1.82) is 0 Å². The minimum Gasteiger partial charge on any atom is -0.535 e. The third kappa shape index (κ3) is 27.1. The van der Waals surface area contributed by atoms with Crippen LogP contribution in [0.2, 0.25) is 0 Å². The van der Waals surface area contributed by atoms with Crippen molar-refractivity contribution in [1.82, 2.24) is 61.2 Å². The van der Waals surface area contributed by atoms with Gasteiger partial charge in [-0.05, 0) is 116 Å². The van der Waals surface area contributed by atoms with E-state index in [-0.39, 0.29) is 94.1 Å². The lowest BCUT2D eigenvalue weighted by atomic mass is 9.77. The van der Waals surface area contributed by atoms with Gasteiger partial charge in [0.2, 0.25) is 5.13 Å². The standard InChI is InChI=1S/C18H22BN3O5S3.C15H19BN4O4S3.C15H16BN3O4S3.C14H16BN3O4S3.C13H14BN5O5S2/c1-11-2-3-12-10-13(19(25)27-15(12)14(11)16(23)24)29-18-21-20-17(30-18)28-9-6-22-4-7-26-8-5-22;1-7-2-3-8-4-10(16(23)24-12(8)11(7)13(21)22)26-15-20-19-14(27-15)25-9(5-17)6-18;1-7-2-3-8-4-10(16(22)23-12(8)11(7)13(20)21)25-15-19-18-14(26-15)24-9-5-17-6-9;1-7-2-3-8-6-9(15(21)22-11(8)10(7)12(19)20)24-14-18-17-13(25-14)23-5-4-16;1-23-6-3-2-5-4-7(14(22)24-9(5)8(6)10(20)21)25-13-19-18-12(26-13)17-11(15)16/h2-3,13,25H,4-10H2,1H3,(H,23,24);2-3,9-10,23H,4-6,17-18H2,1H3,(H,21,22);2-3,9-10,17,22H,4-6H2,1H3,(H,20,21);2-3,9,21H,4-6,16H2,1H3,(H,19,20);2-3,7,22H,4H2,1H3,(H,20,21)(H4,15,16,17,18)/t13-;2*10-;9-;7-/m00000/s1. The van der Waals surface area contributed by atoms with Crippen LogP contribution < -0.4 is 62.0 Å². The number of morpholine rings is 1. The number of fused-ring (bicyclic) bond motifs is 5. The van der Waals surface area contributed by atoms with Gasteiger partial charge in [-0.15, -0.1) is 51.0 Å². The van der Waals surface area contributed by atoms with E-state index in [0.29, 0.717) is 98.6 Å². The van der Waals surface area contributed by atoms with E-state index in [1.807, 2.05) is 24.3 Å². The number of ether oxygens (including phenoxy) is 2. The fourth-order valence-corrected chi connectivity index (χ4v) is 29.5. The van der Waals surface area contributed by atoms with Crippen LogP contribution in [0.5, 0.6) is 34.5 Å². The van der Waals surface area contributed by atoms with Gasteiger partial charge < -0.3 is 117 Å². The number of benzene rings is 5. The highest BCUT2D eigenvalue weighted by atomic mass is 32.2. The van der Waals surface area contributed by atoms with Crippen LogP contribution in [0, 0.1) is 27.7 Å². The first kappa shape index (κ1) is 104. The van der Waals surface area contributed by atoms with Gasteiger partial charge in [0.05, 0.1) is 46.1 Å². The molecule has 7 aliphatic rings. The number of aliphatic imine (C=N–C) groups is 1. The molecule has 7 aliphatic heterocycles. The van der Waals surface area contributed by atoms with Gasteiger partial charge in [0.1, 0.15) is 62.3 Å². The predicted octanol–water partition coefficient (Wildman–Crippen LogP) is 6.82. The van der Waals surface area contributed by atoms with E-state index >= 15 is 0 Å². The van der Waals surface area contributed by atoms with Crippen LogP contribution in [-0.2, 0) is 36.8 Å². The van der Waals surface area contributed by atoms with E-state index in [9.17, 15) is 74.6 Å². The first-order valence-electron chi connectivity index (χ1n) is 40.7. The van der Waals surface area contributed by atoms with Crippen molar-refractivity contribution in [3.8, 4) is 34.5 Å². The van der Waals surface area contributed by atoms with Gasteiger partial charge in [0.25, 0.3) is 0 Å². The van der Waals surface area contributed by atoms with Gasteiger partial charge in [-0.1, -0.05) is 217 Å². The van der Waals surface area contributed by atoms with Crippen molar-refractivity contribution >= 4 is 239 Å². The highest BCUT2D eigenvalue weighted by Gasteiger charge is 2.45. The van der Waals surface area contributed by atoms with E-state index in [2.05, 4.69) is 66.2 Å². The SMILES string of the molecule is COc1ccc2c(c1C(=O)O)OB(O)[C@@H](Sc1nnc(N=C(N)N)s1)C2.Cc1ccc2c(c1C(=O)O)OB(O)[C@@H](Sc1nnc(SC(CN)CN)s1)C2.Cc1ccc2c(c1C(=O)O)OB(O)[C@@H](Sc1nnc(SC3CNC3)s1)C2.Cc1ccc2c(c1C(=O)O)OB(O)[C@@H](Sc1nnc(SCCN)s1)C2.Cc1ccc2c(c1C(=O)O)OB(O)[C@@H](Sc1nnc(SCCN3CCOCC3)s1)C2. The van der Waals surface area contributed by atoms with E-state index in [0.717, 1.165) is 121 Å². The number of carboxylic acids is 5. The summed E-state index contributed by atoms with van der Waals surface area (Å²) in [5.74, 6) is -2.50. The van der Waals surface area contributed by atoms with Gasteiger partial charge >= 0.3 is 65.4 Å². The Hall–Kier alpha value is -7.65. The molecular weight excluding hydrogens is 2010 g/mol. The molecule has 21 N–H and O–H groups in total. The second kappa shape index (κ2) is 48.8. The number of hydrogen-bond donors (Lipinski definition) is 16. The molecule has 12 heterocycles. The lowest BCUT2D eigenvalue weighted by molar-refractivity contribution is 0.0410. The van der Waals surface area contributed by atoms with E-state index in [1.165, 1.54) is 123 Å². The molecule has 0 aliphatic carbocycles. The molecular formula is C75H87B5N18O22S14. The zero-order chi connectivity index (χ0) is 95.7. The number of thioether (sulfide) groups is 9. The quantitative estimate of drug-likeness (QED) is 0.00949. The molecule has 0 unspecified atom stereocenters. The molecule has 40 nitrogen and oxygen atoms in total.